The van der Waals surface area contributed by atoms with E-state index in [0.717, 1.165) is 22.6 Å². The number of nitrogens with zero attached hydrogens (tertiary/aromatic N) is 3. The topological polar surface area (TPSA) is 79.4 Å². The molecule has 0 N–H and O–H groups in total. The predicted molar refractivity (Wildman–Crippen MR) is 127 cm³/mol. The van der Waals surface area contributed by atoms with Gasteiger partial charge in [-0.25, -0.2) is 8.42 Å². The Balaban J connectivity index is 1.34. The monoisotopic (exact) mass is 535 g/mol. The normalized spacial score (nSPS) is 20.8. The van der Waals surface area contributed by atoms with Crippen molar-refractivity contribution in [1.82, 2.24) is 9.21 Å². The van der Waals surface area contributed by atoms with Gasteiger partial charge in [-0.1, -0.05) is 22.0 Å². The van der Waals surface area contributed by atoms with Gasteiger partial charge in [0.05, 0.1) is 5.69 Å². The van der Waals surface area contributed by atoms with Crippen LogP contribution in [0, 0.1) is 0 Å². The van der Waals surface area contributed by atoms with Crippen LogP contribution in [0.1, 0.15) is 25.0 Å². The fraction of sp³-hybridized carbons (Fsp3) is 0.435. The zero-order valence-corrected chi connectivity index (χ0v) is 21.0. The molecule has 10 heteroatoms. The number of sulfonamides is 1. The first-order chi connectivity index (χ1) is 15.7. The Morgan fingerprint density at radius 2 is 1.82 bits per heavy atom. The van der Waals surface area contributed by atoms with Crippen molar-refractivity contribution in [2.24, 2.45) is 0 Å². The van der Waals surface area contributed by atoms with Crippen LogP contribution < -0.4 is 14.4 Å². The van der Waals surface area contributed by atoms with E-state index in [1.165, 1.54) is 11.2 Å². The van der Waals surface area contributed by atoms with Gasteiger partial charge in [0.2, 0.25) is 22.7 Å². The second-order valence-electron chi connectivity index (χ2n) is 8.72. The molecule has 8 nitrogen and oxygen atoms in total. The number of piperazine rings is 1. The highest BCUT2D eigenvalue weighted by atomic mass is 79.9. The second-order valence-corrected chi connectivity index (χ2v) is 11.5. The molecule has 1 saturated heterocycles. The Hall–Kier alpha value is -2.14. The van der Waals surface area contributed by atoms with Crippen LogP contribution >= 0.6 is 15.9 Å². The number of fused-ring (bicyclic) bond motifs is 2. The van der Waals surface area contributed by atoms with Crippen LogP contribution in [0.15, 0.2) is 39.7 Å². The predicted octanol–water partition coefficient (Wildman–Crippen LogP) is 2.98. The maximum absolute atomic E-state index is 13.7. The minimum atomic E-state index is -3.76. The average Bonchev–Trinajstić information content (AvgIpc) is 3.36. The summed E-state index contributed by atoms with van der Waals surface area (Å²) in [6, 6.07) is 9.37. The van der Waals surface area contributed by atoms with Gasteiger partial charge < -0.3 is 14.4 Å². The number of hydrogen-bond donors (Lipinski definition) is 0. The number of carbonyl (C=O) groups excluding carboxylic acids is 1. The maximum atomic E-state index is 13.7. The lowest BCUT2D eigenvalue weighted by atomic mass is 10.1. The summed E-state index contributed by atoms with van der Waals surface area (Å²) in [6.07, 6.45) is 0.639. The molecule has 0 saturated carbocycles. The van der Waals surface area contributed by atoms with Crippen molar-refractivity contribution >= 4 is 37.5 Å². The molecule has 3 aliphatic rings. The van der Waals surface area contributed by atoms with Gasteiger partial charge in [0.1, 0.15) is 4.90 Å². The Kier molecular flexibility index (Phi) is 5.88. The molecule has 176 valence electrons. The molecule has 2 aromatic rings. The van der Waals surface area contributed by atoms with Gasteiger partial charge in [0.15, 0.2) is 11.5 Å². The zero-order chi connectivity index (χ0) is 23.3. The Labute approximate surface area is 202 Å². The van der Waals surface area contributed by atoms with Gasteiger partial charge in [-0.3, -0.25) is 9.69 Å². The third-order valence-electron chi connectivity index (χ3n) is 6.45. The number of carbonyl (C=O) groups is 1. The van der Waals surface area contributed by atoms with E-state index in [-0.39, 0.29) is 23.6 Å². The van der Waals surface area contributed by atoms with Crippen LogP contribution in [0.3, 0.4) is 0 Å². The van der Waals surface area contributed by atoms with Gasteiger partial charge in [-0.2, -0.15) is 4.31 Å². The van der Waals surface area contributed by atoms with Crippen molar-refractivity contribution in [2.75, 3.05) is 37.9 Å². The summed E-state index contributed by atoms with van der Waals surface area (Å²) in [4.78, 5) is 16.4. The highest BCUT2D eigenvalue weighted by molar-refractivity contribution is 9.10. The molecule has 3 aliphatic heterocycles. The Morgan fingerprint density at radius 3 is 2.55 bits per heavy atom. The molecule has 2 aromatic carbocycles. The largest absolute Gasteiger partial charge is 0.454 e. The molecule has 0 aliphatic carbocycles. The molecule has 1 fully saturated rings. The molecule has 0 bridgehead atoms. The molecular weight excluding hydrogens is 510 g/mol. The molecule has 0 unspecified atom stereocenters. The lowest BCUT2D eigenvalue weighted by molar-refractivity contribution is -0.116. The molecule has 33 heavy (non-hydrogen) atoms. The van der Waals surface area contributed by atoms with Crippen molar-refractivity contribution in [2.45, 2.75) is 37.8 Å². The number of benzene rings is 2. The third kappa shape index (κ3) is 4.14. The van der Waals surface area contributed by atoms with E-state index in [2.05, 4.69) is 20.8 Å². The van der Waals surface area contributed by atoms with E-state index in [4.69, 9.17) is 9.47 Å². The summed E-state index contributed by atoms with van der Waals surface area (Å²) in [6.45, 7) is 6.42. The summed E-state index contributed by atoms with van der Waals surface area (Å²) >= 11 is 3.46. The highest BCUT2D eigenvalue weighted by Crippen LogP contribution is 2.41. The maximum Gasteiger partial charge on any atom is 0.245 e. The molecular formula is C23H26BrN3O5S. The molecule has 0 spiro atoms. The van der Waals surface area contributed by atoms with E-state index < -0.39 is 10.0 Å². The van der Waals surface area contributed by atoms with Gasteiger partial charge in [-0.05, 0) is 48.7 Å². The molecule has 3 heterocycles. The highest BCUT2D eigenvalue weighted by Gasteiger charge is 2.38. The Bertz CT molecular complexity index is 1210. The average molecular weight is 536 g/mol. The number of amides is 1. The lowest BCUT2D eigenvalue weighted by Gasteiger charge is -2.34. The van der Waals surface area contributed by atoms with Gasteiger partial charge >= 0.3 is 0 Å². The van der Waals surface area contributed by atoms with E-state index in [1.807, 2.05) is 31.2 Å². The van der Waals surface area contributed by atoms with Gasteiger partial charge in [-0.15, -0.1) is 0 Å². The van der Waals surface area contributed by atoms with Crippen LogP contribution in [-0.2, 0) is 27.8 Å². The third-order valence-corrected chi connectivity index (χ3v) is 8.82. The van der Waals surface area contributed by atoms with E-state index in [1.54, 1.807) is 11.0 Å². The molecule has 0 radical (unpaired) electrons. The quantitative estimate of drug-likeness (QED) is 0.598. The summed E-state index contributed by atoms with van der Waals surface area (Å²) < 4.78 is 40.4. The fourth-order valence-electron chi connectivity index (χ4n) is 4.92. The van der Waals surface area contributed by atoms with Gasteiger partial charge in [0.25, 0.3) is 0 Å². The second kappa shape index (κ2) is 8.57. The van der Waals surface area contributed by atoms with E-state index in [0.29, 0.717) is 49.3 Å². The molecule has 5 rings (SSSR count). The first-order valence-electron chi connectivity index (χ1n) is 11.0. The number of anilines is 1. The Morgan fingerprint density at radius 1 is 1.09 bits per heavy atom. The van der Waals surface area contributed by atoms with Crippen molar-refractivity contribution in [1.29, 1.82) is 0 Å². The smallest absolute Gasteiger partial charge is 0.245 e. The summed E-state index contributed by atoms with van der Waals surface area (Å²) in [7, 11) is -3.76. The van der Waals surface area contributed by atoms with Crippen LogP contribution in [0.25, 0.3) is 0 Å². The lowest BCUT2D eigenvalue weighted by Crippen LogP contribution is -2.48. The first kappa shape index (κ1) is 22.6. The summed E-state index contributed by atoms with van der Waals surface area (Å²) in [5.41, 5.74) is 2.51. The van der Waals surface area contributed by atoms with Crippen molar-refractivity contribution in [3.05, 3.63) is 45.9 Å². The number of halogens is 1. The van der Waals surface area contributed by atoms with Gasteiger partial charge in [0, 0.05) is 50.2 Å². The molecule has 1 amide bonds. The molecule has 1 atom stereocenters. The number of hydrogen-bond acceptors (Lipinski definition) is 6. The minimum Gasteiger partial charge on any atom is -0.454 e. The van der Waals surface area contributed by atoms with E-state index in [9.17, 15) is 13.2 Å². The first-order valence-corrected chi connectivity index (χ1v) is 13.2. The van der Waals surface area contributed by atoms with Crippen LogP contribution in [0.2, 0.25) is 0 Å². The van der Waals surface area contributed by atoms with Crippen molar-refractivity contribution in [3.8, 4) is 11.5 Å². The van der Waals surface area contributed by atoms with Crippen molar-refractivity contribution < 1.29 is 22.7 Å². The number of rotatable bonds is 4. The van der Waals surface area contributed by atoms with Crippen molar-refractivity contribution in [3.63, 3.8) is 0 Å². The minimum absolute atomic E-state index is 0.0701. The van der Waals surface area contributed by atoms with Crippen LogP contribution in [0.5, 0.6) is 11.5 Å². The van der Waals surface area contributed by atoms with Crippen LogP contribution in [0.4, 0.5) is 5.69 Å². The zero-order valence-electron chi connectivity index (χ0n) is 18.6. The summed E-state index contributed by atoms with van der Waals surface area (Å²) in [5, 5.41) is 0. The van der Waals surface area contributed by atoms with E-state index >= 15 is 0 Å². The van der Waals surface area contributed by atoms with Crippen LogP contribution in [-0.4, -0.2) is 62.5 Å². The number of ether oxygens (including phenoxy) is 2. The standard InChI is InChI=1S/C23H26BrN3O5S/c1-15-9-18-11-19(24)12-22(23(18)27(15)16(2)28)33(29,30)26-7-5-25(6-8-26)13-17-3-4-20-21(10-17)32-14-31-20/h3-4,10-12,15H,5-9,13-14H2,1-2H3/t15-/m1/s1. The molecule has 0 aromatic heterocycles. The SMILES string of the molecule is CC(=O)N1c2c(cc(Br)cc2S(=O)(=O)N2CCN(Cc3ccc4c(c3)OCO4)CC2)C[C@H]1C. The fourth-order valence-corrected chi connectivity index (χ4v) is 7.24. The summed E-state index contributed by atoms with van der Waals surface area (Å²) in [5.74, 6) is 1.36.